The molecule has 1 atom stereocenters. The Hall–Kier alpha value is -1.99. The molecule has 0 heterocycles. The number of esters is 2. The van der Waals surface area contributed by atoms with E-state index in [4.69, 9.17) is 19.3 Å². The van der Waals surface area contributed by atoms with Crippen molar-refractivity contribution in [3.8, 4) is 0 Å². The van der Waals surface area contributed by atoms with Crippen molar-refractivity contribution in [3.05, 3.63) is 48.6 Å². The van der Waals surface area contributed by atoms with Crippen LogP contribution in [0.1, 0.15) is 117 Å². The first kappa shape index (κ1) is 38.0. The lowest BCUT2D eigenvalue weighted by molar-refractivity contribution is -0.161. The summed E-state index contributed by atoms with van der Waals surface area (Å²) in [6.07, 6.45) is 30.0. The molecule has 0 spiro atoms. The molecule has 0 aliphatic heterocycles. The Morgan fingerprint density at radius 1 is 0.675 bits per heavy atom. The molecule has 40 heavy (non-hydrogen) atoms. The highest BCUT2D eigenvalue weighted by atomic mass is 31.2. The van der Waals surface area contributed by atoms with Crippen molar-refractivity contribution in [2.75, 3.05) is 13.2 Å². The van der Waals surface area contributed by atoms with Crippen LogP contribution >= 0.6 is 7.82 Å². The van der Waals surface area contributed by atoms with Crippen molar-refractivity contribution in [1.82, 2.24) is 0 Å². The van der Waals surface area contributed by atoms with E-state index in [0.717, 1.165) is 51.4 Å². The lowest BCUT2D eigenvalue weighted by Gasteiger charge is -2.18. The normalized spacial score (nSPS) is 13.2. The van der Waals surface area contributed by atoms with Gasteiger partial charge in [0.25, 0.3) is 0 Å². The van der Waals surface area contributed by atoms with Crippen LogP contribution in [0.4, 0.5) is 0 Å². The van der Waals surface area contributed by atoms with E-state index in [1.54, 1.807) is 0 Å². The molecular formula is C31H53O8P. The van der Waals surface area contributed by atoms with Crippen LogP contribution in [0.15, 0.2) is 48.6 Å². The van der Waals surface area contributed by atoms with Gasteiger partial charge in [-0.05, 0) is 51.4 Å². The Bertz CT molecular complexity index is 797. The molecular weight excluding hydrogens is 531 g/mol. The molecule has 9 heteroatoms. The van der Waals surface area contributed by atoms with Gasteiger partial charge < -0.3 is 19.3 Å². The average molecular weight is 585 g/mol. The third-order valence-electron chi connectivity index (χ3n) is 5.89. The molecule has 1 unspecified atom stereocenters. The fourth-order valence-electron chi connectivity index (χ4n) is 3.67. The second-order valence-electron chi connectivity index (χ2n) is 9.75. The quantitative estimate of drug-likeness (QED) is 0.0344. The molecule has 0 aliphatic rings. The third-order valence-corrected chi connectivity index (χ3v) is 6.38. The molecule has 0 saturated carbocycles. The van der Waals surface area contributed by atoms with Crippen LogP contribution in [0.5, 0.6) is 0 Å². The number of allylic oxidation sites excluding steroid dienone is 8. The molecule has 0 radical (unpaired) electrons. The highest BCUT2D eigenvalue weighted by Crippen LogP contribution is 2.35. The van der Waals surface area contributed by atoms with E-state index in [-0.39, 0.29) is 19.4 Å². The summed E-state index contributed by atoms with van der Waals surface area (Å²) in [6, 6.07) is 0. The van der Waals surface area contributed by atoms with Gasteiger partial charge in [0.2, 0.25) is 0 Å². The van der Waals surface area contributed by atoms with Gasteiger partial charge in [-0.3, -0.25) is 14.1 Å². The zero-order chi connectivity index (χ0) is 29.7. The minimum absolute atomic E-state index is 0.182. The number of phosphoric acid groups is 1. The predicted molar refractivity (Wildman–Crippen MR) is 161 cm³/mol. The molecule has 2 N–H and O–H groups in total. The first-order valence-electron chi connectivity index (χ1n) is 15.0. The summed E-state index contributed by atoms with van der Waals surface area (Å²) in [4.78, 5) is 42.3. The summed E-state index contributed by atoms with van der Waals surface area (Å²) in [5, 5.41) is 0. The summed E-state index contributed by atoms with van der Waals surface area (Å²) in [5.74, 6) is -0.959. The van der Waals surface area contributed by atoms with Gasteiger partial charge in [-0.1, -0.05) is 101 Å². The molecule has 0 amide bonds. The number of hydrogen-bond acceptors (Lipinski definition) is 6. The summed E-state index contributed by atoms with van der Waals surface area (Å²) in [7, 11) is -4.75. The number of unbranched alkanes of at least 4 members (excludes halogenated alkanes) is 10. The maximum absolute atomic E-state index is 12.2. The number of hydrogen-bond donors (Lipinski definition) is 2. The van der Waals surface area contributed by atoms with Crippen molar-refractivity contribution in [2.45, 2.75) is 123 Å². The SMILES string of the molecule is CC/C=C/C=C/C=C/CCCCCCCC(=O)OC(COC(=O)CCC/C=C/CCCCCC)COP(=O)(O)O. The van der Waals surface area contributed by atoms with Crippen molar-refractivity contribution >= 4 is 19.8 Å². The van der Waals surface area contributed by atoms with Crippen LogP contribution in [-0.4, -0.2) is 41.0 Å². The number of carbonyl (C=O) groups is 2. The number of phosphoric ester groups is 1. The van der Waals surface area contributed by atoms with E-state index in [0.29, 0.717) is 12.8 Å². The Kier molecular flexibility index (Phi) is 25.8. The van der Waals surface area contributed by atoms with Crippen LogP contribution in [0.2, 0.25) is 0 Å². The van der Waals surface area contributed by atoms with Gasteiger partial charge in [-0.2, -0.15) is 0 Å². The Balaban J connectivity index is 4.16. The molecule has 0 rings (SSSR count). The standard InChI is InChI=1S/C31H53O8P/c1-3-5-7-9-11-13-14-15-16-18-20-22-24-26-31(33)39-29(28-38-40(34,35)36)27-37-30(32)25-23-21-19-17-12-10-8-6-4-2/h5,7,9,11,13-14,17,19,29H,3-4,6,8,10,12,15-16,18,20-28H2,1-2H3,(H2,34,35,36)/b7-5+,11-9+,14-13+,19-17+. The first-order valence-corrected chi connectivity index (χ1v) is 16.5. The largest absolute Gasteiger partial charge is 0.469 e. The van der Waals surface area contributed by atoms with E-state index in [1.165, 1.54) is 25.7 Å². The van der Waals surface area contributed by atoms with Crippen LogP contribution in [0, 0.1) is 0 Å². The maximum atomic E-state index is 12.2. The van der Waals surface area contributed by atoms with Crippen molar-refractivity contribution in [1.29, 1.82) is 0 Å². The van der Waals surface area contributed by atoms with E-state index in [9.17, 15) is 14.2 Å². The Morgan fingerprint density at radius 2 is 1.25 bits per heavy atom. The first-order chi connectivity index (χ1) is 19.3. The summed E-state index contributed by atoms with van der Waals surface area (Å²) in [5.41, 5.74) is 0. The average Bonchev–Trinajstić information content (AvgIpc) is 2.91. The van der Waals surface area contributed by atoms with Crippen LogP contribution < -0.4 is 0 Å². The maximum Gasteiger partial charge on any atom is 0.469 e. The van der Waals surface area contributed by atoms with E-state index in [1.807, 2.05) is 18.2 Å². The van der Waals surface area contributed by atoms with Gasteiger partial charge in [0.05, 0.1) is 6.61 Å². The van der Waals surface area contributed by atoms with Crippen molar-refractivity contribution < 1.29 is 37.9 Å². The van der Waals surface area contributed by atoms with E-state index in [2.05, 4.69) is 48.8 Å². The van der Waals surface area contributed by atoms with Gasteiger partial charge in [-0.25, -0.2) is 4.57 Å². The molecule has 0 aromatic rings. The van der Waals surface area contributed by atoms with Gasteiger partial charge in [0, 0.05) is 12.8 Å². The van der Waals surface area contributed by atoms with Crippen LogP contribution in [0.25, 0.3) is 0 Å². The summed E-state index contributed by atoms with van der Waals surface area (Å²) in [6.45, 7) is 3.42. The van der Waals surface area contributed by atoms with Crippen LogP contribution in [-0.2, 0) is 28.2 Å². The van der Waals surface area contributed by atoms with Gasteiger partial charge >= 0.3 is 19.8 Å². The third kappa shape index (κ3) is 29.0. The van der Waals surface area contributed by atoms with Gasteiger partial charge in [0.1, 0.15) is 6.61 Å². The van der Waals surface area contributed by atoms with E-state index < -0.39 is 32.5 Å². The lowest BCUT2D eigenvalue weighted by Crippen LogP contribution is -2.29. The minimum atomic E-state index is -4.75. The van der Waals surface area contributed by atoms with Crippen LogP contribution in [0.3, 0.4) is 0 Å². The second-order valence-corrected chi connectivity index (χ2v) is 11.0. The number of ether oxygens (including phenoxy) is 2. The fraction of sp³-hybridized carbons (Fsp3) is 0.677. The highest BCUT2D eigenvalue weighted by molar-refractivity contribution is 7.46. The predicted octanol–water partition coefficient (Wildman–Crippen LogP) is 8.06. The summed E-state index contributed by atoms with van der Waals surface area (Å²) < 4.78 is 26.0. The minimum Gasteiger partial charge on any atom is -0.462 e. The van der Waals surface area contributed by atoms with Crippen molar-refractivity contribution in [3.63, 3.8) is 0 Å². The highest BCUT2D eigenvalue weighted by Gasteiger charge is 2.22. The molecule has 0 bridgehead atoms. The smallest absolute Gasteiger partial charge is 0.462 e. The van der Waals surface area contributed by atoms with Gasteiger partial charge in [-0.15, -0.1) is 0 Å². The molecule has 0 aliphatic carbocycles. The molecule has 0 saturated heterocycles. The number of carbonyl (C=O) groups excluding carboxylic acids is 2. The number of rotatable bonds is 26. The zero-order valence-electron chi connectivity index (χ0n) is 24.7. The summed E-state index contributed by atoms with van der Waals surface area (Å²) >= 11 is 0. The Labute approximate surface area is 242 Å². The monoisotopic (exact) mass is 584 g/mol. The van der Waals surface area contributed by atoms with Crippen molar-refractivity contribution in [2.24, 2.45) is 0 Å². The molecule has 0 aromatic carbocycles. The van der Waals surface area contributed by atoms with E-state index >= 15 is 0 Å². The Morgan fingerprint density at radius 3 is 1.93 bits per heavy atom. The molecule has 230 valence electrons. The molecule has 8 nitrogen and oxygen atoms in total. The van der Waals surface area contributed by atoms with Gasteiger partial charge in [0.15, 0.2) is 6.10 Å². The molecule has 0 fully saturated rings. The lowest BCUT2D eigenvalue weighted by atomic mass is 10.1. The fourth-order valence-corrected chi connectivity index (χ4v) is 4.03. The zero-order valence-corrected chi connectivity index (χ0v) is 25.6. The second kappa shape index (κ2) is 27.2. The molecule has 0 aromatic heterocycles. The topological polar surface area (TPSA) is 119 Å².